The maximum absolute atomic E-state index is 3.27. The van der Waals surface area contributed by atoms with Crippen molar-refractivity contribution in [1.82, 2.24) is 0 Å². The molecule has 0 aromatic rings. The Balaban J connectivity index is 2.38. The highest BCUT2D eigenvalue weighted by atomic mass is 13.9. The van der Waals surface area contributed by atoms with Gasteiger partial charge in [-0.25, -0.2) is 0 Å². The van der Waals surface area contributed by atoms with Gasteiger partial charge in [0.25, 0.3) is 0 Å². The topological polar surface area (TPSA) is 0 Å². The summed E-state index contributed by atoms with van der Waals surface area (Å²) in [7, 11) is 0. The minimum atomic E-state index is 1.04. The Morgan fingerprint density at radius 3 is 2.46 bits per heavy atom. The number of rotatable bonds is 0. The molecule has 0 fully saturated rings. The molecular weight excluding hydrogens is 156 g/mol. The average Bonchev–Trinajstić information content (AvgIpc) is 2.18. The van der Waals surface area contributed by atoms with Crippen LogP contribution in [0.1, 0.15) is 32.1 Å². The summed E-state index contributed by atoms with van der Waals surface area (Å²) >= 11 is 0. The molecule has 0 heterocycles. The van der Waals surface area contributed by atoms with Gasteiger partial charge in [-0.2, -0.15) is 0 Å². The first-order chi connectivity index (χ1) is 6.50. The molecule has 0 unspecified atom stereocenters. The molecule has 69 valence electrons. The van der Waals surface area contributed by atoms with E-state index in [0.29, 0.717) is 0 Å². The standard InChI is InChI=1S/C13H17/c1-2-4-6-8-10-12-13-11-9-7-5-3-1/h1-4,9,11-12H,5-8,13H2/b3-1+,4-2-,11-9+,12-10?. The van der Waals surface area contributed by atoms with E-state index in [1.807, 2.05) is 0 Å². The van der Waals surface area contributed by atoms with Gasteiger partial charge in [0.1, 0.15) is 0 Å². The summed E-state index contributed by atoms with van der Waals surface area (Å²) in [5.41, 5.74) is 0. The van der Waals surface area contributed by atoms with Crippen LogP contribution in [0.5, 0.6) is 0 Å². The highest BCUT2D eigenvalue weighted by Crippen LogP contribution is 1.99. The van der Waals surface area contributed by atoms with Crippen molar-refractivity contribution in [2.45, 2.75) is 32.1 Å². The predicted octanol–water partition coefficient (Wildman–Crippen LogP) is 3.98. The summed E-state index contributed by atoms with van der Waals surface area (Å²) in [5, 5.41) is 0. The van der Waals surface area contributed by atoms with Crippen LogP contribution in [0.15, 0.2) is 42.5 Å². The molecule has 1 aliphatic carbocycles. The molecule has 0 bridgehead atoms. The highest BCUT2D eigenvalue weighted by Gasteiger charge is 1.79. The van der Waals surface area contributed by atoms with E-state index in [9.17, 15) is 0 Å². The van der Waals surface area contributed by atoms with E-state index in [1.165, 1.54) is 0 Å². The Morgan fingerprint density at radius 2 is 1.54 bits per heavy atom. The van der Waals surface area contributed by atoms with Gasteiger partial charge in [-0.1, -0.05) is 42.5 Å². The first kappa shape index (κ1) is 10.0. The molecular formula is C13H17. The molecule has 0 atom stereocenters. The van der Waals surface area contributed by atoms with Gasteiger partial charge in [0.2, 0.25) is 0 Å². The second kappa shape index (κ2) is 7.60. The lowest BCUT2D eigenvalue weighted by atomic mass is 10.2. The number of hydrogen-bond donors (Lipinski definition) is 0. The molecule has 13 heavy (non-hydrogen) atoms. The van der Waals surface area contributed by atoms with Gasteiger partial charge in [-0.15, -0.1) is 0 Å². The van der Waals surface area contributed by atoms with Gasteiger partial charge in [0.05, 0.1) is 0 Å². The summed E-state index contributed by atoms with van der Waals surface area (Å²) in [6, 6.07) is 0. The Labute approximate surface area is 81.4 Å². The van der Waals surface area contributed by atoms with Crippen molar-refractivity contribution >= 4 is 0 Å². The highest BCUT2D eigenvalue weighted by molar-refractivity contribution is 5.03. The fourth-order valence-corrected chi connectivity index (χ4v) is 1.18. The second-order valence-electron chi connectivity index (χ2n) is 3.09. The second-order valence-corrected chi connectivity index (χ2v) is 3.09. The van der Waals surface area contributed by atoms with Crippen molar-refractivity contribution in [3.63, 3.8) is 0 Å². The van der Waals surface area contributed by atoms with Crippen LogP contribution < -0.4 is 0 Å². The van der Waals surface area contributed by atoms with Gasteiger partial charge >= 0.3 is 0 Å². The number of hydrogen-bond acceptors (Lipinski definition) is 0. The Morgan fingerprint density at radius 1 is 0.769 bits per heavy atom. The summed E-state index contributed by atoms with van der Waals surface area (Å²) in [5.74, 6) is 0. The summed E-state index contributed by atoms with van der Waals surface area (Å²) in [6.45, 7) is 0. The van der Waals surface area contributed by atoms with Crippen molar-refractivity contribution < 1.29 is 0 Å². The molecule has 0 aromatic heterocycles. The monoisotopic (exact) mass is 173 g/mol. The minimum absolute atomic E-state index is 1.04. The van der Waals surface area contributed by atoms with Crippen LogP contribution in [-0.4, -0.2) is 0 Å². The summed E-state index contributed by atoms with van der Waals surface area (Å²) in [6.07, 6.45) is 24.0. The quantitative estimate of drug-likeness (QED) is 0.486. The van der Waals surface area contributed by atoms with Gasteiger partial charge < -0.3 is 0 Å². The van der Waals surface area contributed by atoms with Gasteiger partial charge in [-0.3, -0.25) is 0 Å². The van der Waals surface area contributed by atoms with Gasteiger partial charge in [-0.05, 0) is 38.2 Å². The van der Waals surface area contributed by atoms with Gasteiger partial charge in [0.15, 0.2) is 0 Å². The molecule has 0 nitrogen and oxygen atoms in total. The summed E-state index contributed by atoms with van der Waals surface area (Å²) in [4.78, 5) is 0. The molecule has 0 N–H and O–H groups in total. The maximum Gasteiger partial charge on any atom is -0.0163 e. The van der Waals surface area contributed by atoms with E-state index in [2.05, 4.69) is 48.6 Å². The van der Waals surface area contributed by atoms with Crippen molar-refractivity contribution in [3.8, 4) is 0 Å². The first-order valence-electron chi connectivity index (χ1n) is 5.02. The van der Waals surface area contributed by atoms with E-state index >= 15 is 0 Å². The lowest BCUT2D eigenvalue weighted by molar-refractivity contribution is 1.02. The van der Waals surface area contributed by atoms with Gasteiger partial charge in [0, 0.05) is 0 Å². The van der Waals surface area contributed by atoms with Crippen LogP contribution >= 0.6 is 0 Å². The molecule has 0 saturated carbocycles. The van der Waals surface area contributed by atoms with Crippen LogP contribution in [0.3, 0.4) is 0 Å². The van der Waals surface area contributed by atoms with Crippen molar-refractivity contribution in [3.05, 3.63) is 48.6 Å². The van der Waals surface area contributed by atoms with E-state index in [1.54, 1.807) is 0 Å². The summed E-state index contributed by atoms with van der Waals surface area (Å²) < 4.78 is 0. The van der Waals surface area contributed by atoms with Crippen LogP contribution in [0.2, 0.25) is 0 Å². The molecule has 0 heteroatoms. The zero-order valence-electron chi connectivity index (χ0n) is 8.08. The normalized spacial score (nSPS) is 28.9. The van der Waals surface area contributed by atoms with Crippen molar-refractivity contribution in [1.29, 1.82) is 0 Å². The van der Waals surface area contributed by atoms with E-state index in [0.717, 1.165) is 32.1 Å². The fourth-order valence-electron chi connectivity index (χ4n) is 1.18. The Hall–Kier alpha value is -1.04. The van der Waals surface area contributed by atoms with Crippen molar-refractivity contribution in [2.24, 2.45) is 0 Å². The lowest BCUT2D eigenvalue weighted by Crippen LogP contribution is -1.65. The third-order valence-electron chi connectivity index (χ3n) is 1.90. The van der Waals surface area contributed by atoms with E-state index < -0.39 is 0 Å². The minimum Gasteiger partial charge on any atom is -0.0879 e. The first-order valence-corrected chi connectivity index (χ1v) is 5.02. The van der Waals surface area contributed by atoms with Crippen molar-refractivity contribution in [2.75, 3.05) is 0 Å². The largest absolute Gasteiger partial charge is 0.0879 e. The Bertz CT molecular complexity index is 192. The Kier molecular flexibility index (Phi) is 5.87. The third-order valence-corrected chi connectivity index (χ3v) is 1.90. The number of allylic oxidation sites excluding steroid dienone is 8. The zero-order valence-corrected chi connectivity index (χ0v) is 8.08. The van der Waals surface area contributed by atoms with E-state index in [-0.39, 0.29) is 0 Å². The fraction of sp³-hybridized carbons (Fsp3) is 0.385. The molecule has 0 aromatic carbocycles. The third kappa shape index (κ3) is 6.15. The van der Waals surface area contributed by atoms with Crippen LogP contribution in [0.4, 0.5) is 0 Å². The average molecular weight is 173 g/mol. The SMILES string of the molecule is [C]1=C/C/C=C/CC/C=C/C=C\CC/1. The molecule has 0 spiro atoms. The predicted molar refractivity (Wildman–Crippen MR) is 58.3 cm³/mol. The molecule has 0 aliphatic heterocycles. The van der Waals surface area contributed by atoms with E-state index in [4.69, 9.17) is 0 Å². The smallest absolute Gasteiger partial charge is 0.0163 e. The molecule has 1 rings (SSSR count). The molecule has 0 amide bonds. The zero-order chi connectivity index (χ0) is 9.19. The maximum atomic E-state index is 3.27. The molecule has 1 aliphatic rings. The van der Waals surface area contributed by atoms with Crippen LogP contribution in [-0.2, 0) is 0 Å². The van der Waals surface area contributed by atoms with Crippen LogP contribution in [0, 0.1) is 6.08 Å². The molecule has 0 saturated heterocycles. The van der Waals surface area contributed by atoms with Crippen LogP contribution in [0.25, 0.3) is 0 Å². The molecule has 1 radical (unpaired) electrons. The lowest BCUT2D eigenvalue weighted by Gasteiger charge is -1.85.